The van der Waals surface area contributed by atoms with Crippen molar-refractivity contribution >= 4 is 11.9 Å². The van der Waals surface area contributed by atoms with Gasteiger partial charge in [0.25, 0.3) is 0 Å². The highest BCUT2D eigenvalue weighted by molar-refractivity contribution is 5.85. The zero-order valence-electron chi connectivity index (χ0n) is 15.4. The Morgan fingerprint density at radius 2 is 1.77 bits per heavy atom. The van der Waals surface area contributed by atoms with Crippen molar-refractivity contribution in [3.63, 3.8) is 0 Å². The summed E-state index contributed by atoms with van der Waals surface area (Å²) in [7, 11) is 2.94. The van der Waals surface area contributed by atoms with Crippen LogP contribution in [0.4, 0.5) is 13.2 Å². The molecule has 0 aliphatic rings. The number of benzene rings is 1. The van der Waals surface area contributed by atoms with E-state index in [1.54, 1.807) is 11.9 Å². The highest BCUT2D eigenvalue weighted by Gasteiger charge is 2.30. The van der Waals surface area contributed by atoms with Gasteiger partial charge in [0.05, 0.1) is 19.2 Å². The Morgan fingerprint density at radius 1 is 1.19 bits per heavy atom. The smallest absolute Gasteiger partial charge is 0.416 e. The maximum Gasteiger partial charge on any atom is 0.416 e. The summed E-state index contributed by atoms with van der Waals surface area (Å²) < 4.78 is 42.4. The molecule has 1 atom stereocenters. The van der Waals surface area contributed by atoms with Crippen LogP contribution in [-0.2, 0) is 27.0 Å². The van der Waals surface area contributed by atoms with Crippen molar-refractivity contribution in [1.29, 1.82) is 0 Å². The maximum atomic E-state index is 12.6. The summed E-state index contributed by atoms with van der Waals surface area (Å²) in [6, 6.07) is 4.07. The topological polar surface area (TPSA) is 58.6 Å². The molecule has 0 heterocycles. The Bertz CT molecular complexity index is 601. The molecule has 1 aromatic rings. The average Bonchev–Trinajstić information content (AvgIpc) is 2.52. The molecule has 0 saturated carbocycles. The number of methoxy groups -OCH3 is 1. The van der Waals surface area contributed by atoms with E-state index >= 15 is 0 Å². The van der Waals surface area contributed by atoms with Crippen molar-refractivity contribution in [1.82, 2.24) is 10.2 Å². The fraction of sp³-hybridized carbons (Fsp3) is 0.556. The van der Waals surface area contributed by atoms with Crippen molar-refractivity contribution in [2.24, 2.45) is 5.92 Å². The van der Waals surface area contributed by atoms with Crippen molar-refractivity contribution in [2.75, 3.05) is 20.7 Å². The molecular weight excluding hydrogens is 349 g/mol. The summed E-state index contributed by atoms with van der Waals surface area (Å²) in [5, 5.41) is 2.64. The number of hydrogen-bond acceptors (Lipinski definition) is 4. The van der Waals surface area contributed by atoms with Gasteiger partial charge in [-0.3, -0.25) is 9.69 Å². The van der Waals surface area contributed by atoms with Gasteiger partial charge in [-0.15, -0.1) is 0 Å². The summed E-state index contributed by atoms with van der Waals surface area (Å²) in [5.41, 5.74) is -0.0590. The van der Waals surface area contributed by atoms with E-state index in [0.29, 0.717) is 18.5 Å². The van der Waals surface area contributed by atoms with Gasteiger partial charge in [0.15, 0.2) is 0 Å². The van der Waals surface area contributed by atoms with E-state index < -0.39 is 23.8 Å². The molecule has 1 aromatic carbocycles. The van der Waals surface area contributed by atoms with Crippen molar-refractivity contribution < 1.29 is 27.5 Å². The molecule has 146 valence electrons. The molecule has 26 heavy (non-hydrogen) atoms. The molecule has 0 spiro atoms. The number of esters is 1. The first-order valence-electron chi connectivity index (χ1n) is 8.24. The molecular formula is C18H25F3N2O3. The summed E-state index contributed by atoms with van der Waals surface area (Å²) in [5.74, 6) is -0.655. The number of hydrogen-bond donors (Lipinski definition) is 1. The number of nitrogens with zero attached hydrogens (tertiary/aromatic N) is 1. The van der Waals surface area contributed by atoms with Gasteiger partial charge in [0.2, 0.25) is 5.91 Å². The molecule has 0 aromatic heterocycles. The van der Waals surface area contributed by atoms with E-state index in [9.17, 15) is 22.8 Å². The molecule has 0 fully saturated rings. The van der Waals surface area contributed by atoms with Crippen LogP contribution in [0.15, 0.2) is 24.3 Å². The number of nitrogens with one attached hydrogen (secondary N) is 1. The van der Waals surface area contributed by atoms with Gasteiger partial charge in [-0.05, 0) is 37.1 Å². The molecule has 1 unspecified atom stereocenters. The first-order valence-corrected chi connectivity index (χ1v) is 8.24. The number of alkyl halides is 3. The average molecular weight is 374 g/mol. The first kappa shape index (κ1) is 22.0. The van der Waals surface area contributed by atoms with Crippen LogP contribution in [0.2, 0.25) is 0 Å². The fourth-order valence-electron chi connectivity index (χ4n) is 2.48. The molecule has 1 rings (SSSR count). The Balaban J connectivity index is 2.59. The summed E-state index contributed by atoms with van der Waals surface area (Å²) in [6.07, 6.45) is -3.91. The number of carbonyl (C=O) groups excluding carboxylic acids is 2. The lowest BCUT2D eigenvalue weighted by atomic mass is 10.0. The van der Waals surface area contributed by atoms with E-state index in [1.807, 2.05) is 13.8 Å². The van der Waals surface area contributed by atoms with E-state index in [2.05, 4.69) is 5.32 Å². The highest BCUT2D eigenvalue weighted by atomic mass is 19.4. The highest BCUT2D eigenvalue weighted by Crippen LogP contribution is 2.29. The van der Waals surface area contributed by atoms with E-state index in [-0.39, 0.29) is 18.4 Å². The lowest BCUT2D eigenvalue weighted by Gasteiger charge is -2.21. The zero-order chi connectivity index (χ0) is 19.9. The van der Waals surface area contributed by atoms with Crippen LogP contribution >= 0.6 is 0 Å². The lowest BCUT2D eigenvalue weighted by Crippen LogP contribution is -2.45. The van der Waals surface area contributed by atoms with Gasteiger partial charge in [0.1, 0.15) is 6.04 Å². The van der Waals surface area contributed by atoms with Gasteiger partial charge in [-0.2, -0.15) is 13.2 Å². The van der Waals surface area contributed by atoms with Crippen molar-refractivity contribution in [3.8, 4) is 0 Å². The monoisotopic (exact) mass is 374 g/mol. The molecule has 0 saturated heterocycles. The van der Waals surface area contributed by atoms with Crippen LogP contribution in [0.3, 0.4) is 0 Å². The van der Waals surface area contributed by atoms with Gasteiger partial charge >= 0.3 is 12.1 Å². The molecule has 1 N–H and O–H groups in total. The van der Waals surface area contributed by atoms with Crippen LogP contribution in [0.5, 0.6) is 0 Å². The number of halogens is 3. The number of ether oxygens (including phenoxy) is 1. The SMILES string of the molecule is COC(=O)C(CC(C)C)NC(=O)CN(C)Cc1ccc(C(F)(F)F)cc1. The zero-order valence-corrected chi connectivity index (χ0v) is 15.4. The van der Waals surface area contributed by atoms with Crippen LogP contribution in [0.1, 0.15) is 31.4 Å². The first-order chi connectivity index (χ1) is 12.0. The molecule has 0 radical (unpaired) electrons. The minimum Gasteiger partial charge on any atom is -0.467 e. The van der Waals surface area contributed by atoms with Gasteiger partial charge in [0, 0.05) is 6.54 Å². The van der Waals surface area contributed by atoms with E-state index in [1.165, 1.54) is 19.2 Å². The predicted octanol–water partition coefficient (Wildman–Crippen LogP) is 2.84. The molecule has 1 amide bonds. The summed E-state index contributed by atoms with van der Waals surface area (Å²) >= 11 is 0. The third kappa shape index (κ3) is 7.43. The number of amides is 1. The second-order valence-corrected chi connectivity index (χ2v) is 6.64. The predicted molar refractivity (Wildman–Crippen MR) is 91.2 cm³/mol. The Morgan fingerprint density at radius 3 is 2.23 bits per heavy atom. The minimum atomic E-state index is -4.37. The number of rotatable bonds is 8. The molecule has 0 aliphatic carbocycles. The second kappa shape index (κ2) is 9.56. The maximum absolute atomic E-state index is 12.6. The quantitative estimate of drug-likeness (QED) is 0.711. The number of likely N-dealkylation sites (N-methyl/N-ethyl adjacent to an activating group) is 1. The van der Waals surface area contributed by atoms with E-state index in [4.69, 9.17) is 4.74 Å². The third-order valence-electron chi connectivity index (χ3n) is 3.68. The molecule has 0 bridgehead atoms. The minimum absolute atomic E-state index is 0.00656. The van der Waals surface area contributed by atoms with Crippen molar-refractivity contribution in [3.05, 3.63) is 35.4 Å². The Hall–Kier alpha value is -2.09. The second-order valence-electron chi connectivity index (χ2n) is 6.64. The van der Waals surface area contributed by atoms with Crippen LogP contribution in [-0.4, -0.2) is 43.5 Å². The molecule has 5 nitrogen and oxygen atoms in total. The van der Waals surface area contributed by atoms with E-state index in [0.717, 1.165) is 12.1 Å². The Kier molecular flexibility index (Phi) is 8.08. The fourth-order valence-corrected chi connectivity index (χ4v) is 2.48. The van der Waals surface area contributed by atoms with Crippen LogP contribution in [0, 0.1) is 5.92 Å². The lowest BCUT2D eigenvalue weighted by molar-refractivity contribution is -0.145. The molecule has 8 heteroatoms. The summed E-state index contributed by atoms with van der Waals surface area (Å²) in [4.78, 5) is 25.5. The standard InChI is InChI=1S/C18H25F3N2O3/c1-12(2)9-15(17(25)26-4)22-16(24)11-23(3)10-13-5-7-14(8-6-13)18(19,20)21/h5-8,12,15H,9-11H2,1-4H3,(H,22,24). The number of carbonyl (C=O) groups is 2. The van der Waals surface area contributed by atoms with Gasteiger partial charge in [-0.25, -0.2) is 4.79 Å². The molecule has 0 aliphatic heterocycles. The van der Waals surface area contributed by atoms with Crippen LogP contribution in [0.25, 0.3) is 0 Å². The third-order valence-corrected chi connectivity index (χ3v) is 3.68. The van der Waals surface area contributed by atoms with Crippen molar-refractivity contribution in [2.45, 2.75) is 39.0 Å². The van der Waals surface area contributed by atoms with Gasteiger partial charge < -0.3 is 10.1 Å². The Labute approximate surface area is 151 Å². The normalized spacial score (nSPS) is 13.0. The summed E-state index contributed by atoms with van der Waals surface area (Å²) in [6.45, 7) is 4.17. The van der Waals surface area contributed by atoms with Gasteiger partial charge in [-0.1, -0.05) is 26.0 Å². The largest absolute Gasteiger partial charge is 0.467 e. The van der Waals surface area contributed by atoms with Crippen LogP contribution < -0.4 is 5.32 Å².